The third-order valence-electron chi connectivity index (χ3n) is 2.83. The van der Waals surface area contributed by atoms with Gasteiger partial charge in [-0.05, 0) is 30.7 Å². The summed E-state index contributed by atoms with van der Waals surface area (Å²) in [5, 5.41) is 0.332. The Bertz CT molecular complexity index is 613. The van der Waals surface area contributed by atoms with Crippen molar-refractivity contribution < 1.29 is 27.4 Å². The van der Waals surface area contributed by atoms with E-state index in [1.54, 1.807) is 6.92 Å². The van der Waals surface area contributed by atoms with E-state index in [4.69, 9.17) is 16.3 Å². The van der Waals surface area contributed by atoms with E-state index in [-0.39, 0.29) is 11.7 Å². The van der Waals surface area contributed by atoms with E-state index in [2.05, 4.69) is 17.4 Å². The van der Waals surface area contributed by atoms with Gasteiger partial charge in [-0.25, -0.2) is 4.79 Å². The van der Waals surface area contributed by atoms with Gasteiger partial charge in [-0.2, -0.15) is 13.2 Å². The number of ether oxygens (including phenoxy) is 2. The number of fused-ring (bicyclic) bond motifs is 1. The summed E-state index contributed by atoms with van der Waals surface area (Å²) in [6.07, 6.45) is -6.04. The van der Waals surface area contributed by atoms with Crippen LogP contribution in [-0.4, -0.2) is 24.2 Å². The SMILES string of the molecule is Cc1cc(Cl)cc2c1OC(C(F)(F)F)C(C(=O)OCS)=C2. The van der Waals surface area contributed by atoms with Crippen molar-refractivity contribution in [1.82, 2.24) is 0 Å². The van der Waals surface area contributed by atoms with Crippen LogP contribution in [0, 0.1) is 6.92 Å². The number of halogens is 4. The van der Waals surface area contributed by atoms with Crippen LogP contribution in [0.25, 0.3) is 6.08 Å². The summed E-state index contributed by atoms with van der Waals surface area (Å²) in [6.45, 7) is 1.57. The highest BCUT2D eigenvalue weighted by atomic mass is 35.5. The second-order valence-electron chi connectivity index (χ2n) is 4.34. The Balaban J connectivity index is 2.55. The summed E-state index contributed by atoms with van der Waals surface area (Å²) >= 11 is 9.52. The minimum atomic E-state index is -4.74. The van der Waals surface area contributed by atoms with Gasteiger partial charge in [0.15, 0.2) is 0 Å². The molecule has 0 radical (unpaired) electrons. The number of carbonyl (C=O) groups is 1. The molecule has 0 amide bonds. The lowest BCUT2D eigenvalue weighted by Crippen LogP contribution is -2.41. The van der Waals surface area contributed by atoms with Gasteiger partial charge >= 0.3 is 12.1 Å². The first kappa shape index (κ1) is 16.0. The maximum Gasteiger partial charge on any atom is 0.430 e. The smallest absolute Gasteiger partial charge is 0.430 e. The lowest BCUT2D eigenvalue weighted by atomic mass is 9.99. The average molecular weight is 339 g/mol. The maximum atomic E-state index is 13.1. The molecule has 3 nitrogen and oxygen atoms in total. The molecule has 1 heterocycles. The minimum Gasteiger partial charge on any atom is -0.475 e. The van der Waals surface area contributed by atoms with E-state index in [0.717, 1.165) is 6.08 Å². The van der Waals surface area contributed by atoms with Crippen LogP contribution in [0.4, 0.5) is 13.2 Å². The van der Waals surface area contributed by atoms with Crippen molar-refractivity contribution in [2.24, 2.45) is 0 Å². The Hall–Kier alpha value is -1.34. The summed E-state index contributed by atoms with van der Waals surface area (Å²) in [5.41, 5.74) is 0.113. The first-order valence-corrected chi connectivity index (χ1v) is 6.78. The van der Waals surface area contributed by atoms with Crippen LogP contribution in [0.15, 0.2) is 17.7 Å². The molecule has 1 aromatic carbocycles. The van der Waals surface area contributed by atoms with Gasteiger partial charge in [0.25, 0.3) is 0 Å². The highest BCUT2D eigenvalue weighted by molar-refractivity contribution is 7.80. The van der Waals surface area contributed by atoms with E-state index in [1.165, 1.54) is 12.1 Å². The van der Waals surface area contributed by atoms with Crippen molar-refractivity contribution in [3.63, 3.8) is 0 Å². The van der Waals surface area contributed by atoms with Gasteiger partial charge in [0.05, 0.1) is 5.57 Å². The lowest BCUT2D eigenvalue weighted by molar-refractivity contribution is -0.187. The van der Waals surface area contributed by atoms with Crippen LogP contribution in [-0.2, 0) is 9.53 Å². The normalized spacial score (nSPS) is 17.6. The van der Waals surface area contributed by atoms with Gasteiger partial charge in [0.2, 0.25) is 6.10 Å². The topological polar surface area (TPSA) is 35.5 Å². The molecule has 1 aromatic rings. The number of esters is 1. The monoisotopic (exact) mass is 338 g/mol. The fraction of sp³-hybridized carbons (Fsp3) is 0.308. The molecule has 0 aliphatic carbocycles. The molecule has 8 heteroatoms. The van der Waals surface area contributed by atoms with Crippen LogP contribution >= 0.6 is 24.2 Å². The number of thiol groups is 1. The van der Waals surface area contributed by atoms with E-state index >= 15 is 0 Å². The van der Waals surface area contributed by atoms with E-state index in [0.29, 0.717) is 16.1 Å². The van der Waals surface area contributed by atoms with Crippen molar-refractivity contribution in [2.75, 3.05) is 5.94 Å². The second kappa shape index (κ2) is 5.81. The molecule has 0 aromatic heterocycles. The van der Waals surface area contributed by atoms with Crippen molar-refractivity contribution in [3.05, 3.63) is 33.9 Å². The fourth-order valence-corrected chi connectivity index (χ4v) is 2.40. The Morgan fingerprint density at radius 2 is 2.14 bits per heavy atom. The molecular formula is C13H10ClF3O3S. The number of aryl methyl sites for hydroxylation is 1. The second-order valence-corrected chi connectivity index (χ2v) is 5.04. The number of carbonyl (C=O) groups excluding carboxylic acids is 1. The molecule has 21 heavy (non-hydrogen) atoms. The zero-order valence-electron chi connectivity index (χ0n) is 10.7. The zero-order valence-corrected chi connectivity index (χ0v) is 12.4. The third-order valence-corrected chi connectivity index (χ3v) is 3.17. The molecule has 0 saturated heterocycles. The minimum absolute atomic E-state index is 0.0455. The van der Waals surface area contributed by atoms with Gasteiger partial charge in [-0.1, -0.05) is 11.6 Å². The average Bonchev–Trinajstić information content (AvgIpc) is 2.36. The zero-order chi connectivity index (χ0) is 15.8. The fourth-order valence-electron chi connectivity index (χ4n) is 2.00. The molecule has 2 rings (SSSR count). The molecule has 1 aliphatic rings. The first-order valence-electron chi connectivity index (χ1n) is 5.77. The van der Waals surface area contributed by atoms with Crippen LogP contribution < -0.4 is 4.74 Å². The number of rotatable bonds is 2. The van der Waals surface area contributed by atoms with Crippen molar-refractivity contribution in [2.45, 2.75) is 19.2 Å². The largest absolute Gasteiger partial charge is 0.475 e. The predicted octanol–water partition coefficient (Wildman–Crippen LogP) is 3.79. The first-order chi connectivity index (χ1) is 9.74. The Morgan fingerprint density at radius 3 is 2.71 bits per heavy atom. The number of hydrogen-bond acceptors (Lipinski definition) is 4. The molecule has 1 aliphatic heterocycles. The predicted molar refractivity (Wildman–Crippen MR) is 74.6 cm³/mol. The van der Waals surface area contributed by atoms with E-state index in [1.807, 2.05) is 0 Å². The summed E-state index contributed by atoms with van der Waals surface area (Å²) in [4.78, 5) is 11.7. The molecule has 0 bridgehead atoms. The Labute approximate surface area is 129 Å². The van der Waals surface area contributed by atoms with E-state index < -0.39 is 23.8 Å². The quantitative estimate of drug-likeness (QED) is 0.506. The Morgan fingerprint density at radius 1 is 1.48 bits per heavy atom. The molecular weight excluding hydrogens is 329 g/mol. The van der Waals surface area contributed by atoms with E-state index in [9.17, 15) is 18.0 Å². The van der Waals surface area contributed by atoms with Crippen molar-refractivity contribution in [1.29, 1.82) is 0 Å². The number of benzene rings is 1. The van der Waals surface area contributed by atoms with Crippen molar-refractivity contribution in [3.8, 4) is 5.75 Å². The van der Waals surface area contributed by atoms with Crippen molar-refractivity contribution >= 4 is 36.3 Å². The van der Waals surface area contributed by atoms with Gasteiger partial charge in [-0.15, -0.1) is 12.6 Å². The molecule has 1 unspecified atom stereocenters. The molecule has 1 atom stereocenters. The van der Waals surface area contributed by atoms with Gasteiger partial charge < -0.3 is 9.47 Å². The van der Waals surface area contributed by atoms with Gasteiger partial charge in [-0.3, -0.25) is 0 Å². The third kappa shape index (κ3) is 3.29. The highest BCUT2D eigenvalue weighted by Crippen LogP contribution is 2.40. The lowest BCUT2D eigenvalue weighted by Gasteiger charge is -2.28. The highest BCUT2D eigenvalue weighted by Gasteiger charge is 2.49. The summed E-state index contributed by atoms with van der Waals surface area (Å²) in [7, 11) is 0. The summed E-state index contributed by atoms with van der Waals surface area (Å²) in [5.74, 6) is -1.41. The van der Waals surface area contributed by atoms with Crippen LogP contribution in [0.5, 0.6) is 5.75 Å². The summed E-state index contributed by atoms with van der Waals surface area (Å²) in [6, 6.07) is 2.91. The molecule has 0 fully saturated rings. The molecule has 114 valence electrons. The maximum absolute atomic E-state index is 13.1. The van der Waals surface area contributed by atoms with Crippen LogP contribution in [0.2, 0.25) is 5.02 Å². The number of hydrogen-bond donors (Lipinski definition) is 1. The van der Waals surface area contributed by atoms with Gasteiger partial charge in [0.1, 0.15) is 11.7 Å². The van der Waals surface area contributed by atoms with Crippen LogP contribution in [0.3, 0.4) is 0 Å². The Kier molecular flexibility index (Phi) is 4.43. The molecule has 0 N–H and O–H groups in total. The molecule has 0 saturated carbocycles. The number of alkyl halides is 3. The van der Waals surface area contributed by atoms with Gasteiger partial charge in [0, 0.05) is 10.6 Å². The standard InChI is InChI=1S/C13H10ClF3O3S/c1-6-2-8(14)3-7-4-9(12(18)19-5-21)11(13(15,16)17)20-10(6)7/h2-4,11,21H,5H2,1H3. The summed E-state index contributed by atoms with van der Waals surface area (Å²) < 4.78 is 48.7. The van der Waals surface area contributed by atoms with Crippen LogP contribution in [0.1, 0.15) is 11.1 Å². The molecule has 0 spiro atoms.